The lowest BCUT2D eigenvalue weighted by Gasteiger charge is -2.32. The summed E-state index contributed by atoms with van der Waals surface area (Å²) in [7, 11) is 1.44. The summed E-state index contributed by atoms with van der Waals surface area (Å²) in [6.07, 6.45) is -4.73. The molecule has 0 radical (unpaired) electrons. The van der Waals surface area contributed by atoms with Gasteiger partial charge in [0, 0.05) is 12.7 Å². The van der Waals surface area contributed by atoms with Crippen molar-refractivity contribution in [2.75, 3.05) is 23.5 Å². The van der Waals surface area contributed by atoms with Crippen molar-refractivity contribution in [3.05, 3.63) is 59.2 Å². The molecule has 0 aliphatic carbocycles. The van der Waals surface area contributed by atoms with Crippen molar-refractivity contribution in [3.63, 3.8) is 0 Å². The van der Waals surface area contributed by atoms with Crippen molar-refractivity contribution in [1.29, 1.82) is 5.26 Å². The molecule has 0 aromatic heterocycles. The zero-order chi connectivity index (χ0) is 22.3. The molecule has 1 aliphatic rings. The van der Waals surface area contributed by atoms with Crippen molar-refractivity contribution < 1.29 is 17.6 Å². The second-order valence-electron chi connectivity index (χ2n) is 7.08. The van der Waals surface area contributed by atoms with E-state index in [1.165, 1.54) is 18.0 Å². The smallest absolute Gasteiger partial charge is 0.302 e. The van der Waals surface area contributed by atoms with Crippen LogP contribution in [-0.4, -0.2) is 30.2 Å². The fourth-order valence-electron chi connectivity index (χ4n) is 3.53. The Balaban J connectivity index is 2.20. The molecule has 1 fully saturated rings. The van der Waals surface area contributed by atoms with E-state index in [0.29, 0.717) is 5.69 Å². The number of thiocarbonyl (C=S) groups is 1. The standard InChI is InChI=1S/C21H18F4N4S/c1-13-4-7-15(8-5-13)29-19(30)28(18(27-3)20(29,2)12-22)16-9-6-14(11-26)17(10-16)21(23,24)25/h4-10H,12H2,1-3H3. The van der Waals surface area contributed by atoms with Crippen LogP contribution in [0.15, 0.2) is 47.5 Å². The molecule has 3 rings (SSSR count). The molecule has 0 amide bonds. The van der Waals surface area contributed by atoms with Crippen LogP contribution in [0.5, 0.6) is 0 Å². The van der Waals surface area contributed by atoms with Crippen LogP contribution < -0.4 is 9.80 Å². The zero-order valence-corrected chi connectivity index (χ0v) is 17.3. The van der Waals surface area contributed by atoms with E-state index in [1.54, 1.807) is 30.0 Å². The van der Waals surface area contributed by atoms with Crippen LogP contribution in [-0.2, 0) is 6.18 Å². The third kappa shape index (κ3) is 3.41. The SMILES string of the molecule is CN=C1N(c2ccc(C#N)c(C(F)(F)F)c2)C(=S)N(c2ccc(C)cc2)C1(C)CF. The van der Waals surface area contributed by atoms with Gasteiger partial charge in [-0.2, -0.15) is 18.4 Å². The van der Waals surface area contributed by atoms with Crippen LogP contribution in [0.2, 0.25) is 0 Å². The van der Waals surface area contributed by atoms with Gasteiger partial charge in [-0.3, -0.25) is 9.89 Å². The lowest BCUT2D eigenvalue weighted by atomic mass is 10.00. The van der Waals surface area contributed by atoms with Gasteiger partial charge in [0.1, 0.15) is 18.0 Å². The first-order valence-electron chi connectivity index (χ1n) is 8.94. The number of hydrogen-bond donors (Lipinski definition) is 0. The summed E-state index contributed by atoms with van der Waals surface area (Å²) in [6, 6.07) is 12.0. The fourth-order valence-corrected chi connectivity index (χ4v) is 4.03. The van der Waals surface area contributed by atoms with Gasteiger partial charge in [-0.25, -0.2) is 4.39 Å². The third-order valence-electron chi connectivity index (χ3n) is 5.02. The minimum atomic E-state index is -4.73. The summed E-state index contributed by atoms with van der Waals surface area (Å²) in [5, 5.41) is 9.15. The highest BCUT2D eigenvalue weighted by molar-refractivity contribution is 7.81. The Bertz CT molecular complexity index is 1060. The molecule has 4 nitrogen and oxygen atoms in total. The molecule has 156 valence electrons. The second-order valence-corrected chi connectivity index (χ2v) is 7.45. The molecule has 1 aliphatic heterocycles. The first kappa shape index (κ1) is 21.7. The van der Waals surface area contributed by atoms with E-state index < -0.39 is 29.5 Å². The van der Waals surface area contributed by atoms with Gasteiger partial charge in [0.25, 0.3) is 0 Å². The first-order valence-corrected chi connectivity index (χ1v) is 9.35. The van der Waals surface area contributed by atoms with Crippen molar-refractivity contribution in [2.45, 2.75) is 25.6 Å². The quantitative estimate of drug-likeness (QED) is 0.489. The van der Waals surface area contributed by atoms with E-state index in [4.69, 9.17) is 17.5 Å². The van der Waals surface area contributed by atoms with Gasteiger partial charge >= 0.3 is 6.18 Å². The molecule has 1 atom stereocenters. The largest absolute Gasteiger partial charge is 0.417 e. The number of amidine groups is 1. The molecule has 30 heavy (non-hydrogen) atoms. The van der Waals surface area contributed by atoms with Crippen molar-refractivity contribution in [3.8, 4) is 6.07 Å². The second kappa shape index (κ2) is 7.69. The van der Waals surface area contributed by atoms with E-state index in [-0.39, 0.29) is 16.6 Å². The van der Waals surface area contributed by atoms with Gasteiger partial charge < -0.3 is 4.90 Å². The average Bonchev–Trinajstić information content (AvgIpc) is 2.94. The predicted molar refractivity (Wildman–Crippen MR) is 113 cm³/mol. The molecule has 9 heteroatoms. The molecule has 0 spiro atoms. The van der Waals surface area contributed by atoms with Crippen LogP contribution in [0.4, 0.5) is 28.9 Å². The van der Waals surface area contributed by atoms with Crippen molar-refractivity contribution in [2.24, 2.45) is 4.99 Å². The molecule has 2 aromatic rings. The normalized spacial score (nSPS) is 20.7. The topological polar surface area (TPSA) is 42.6 Å². The van der Waals surface area contributed by atoms with Crippen LogP contribution in [0, 0.1) is 18.3 Å². The maximum absolute atomic E-state index is 14.4. The van der Waals surface area contributed by atoms with Gasteiger partial charge in [0.05, 0.1) is 22.9 Å². The number of benzene rings is 2. The molecular weight excluding hydrogens is 416 g/mol. The minimum Gasteiger partial charge on any atom is -0.302 e. The van der Waals surface area contributed by atoms with Crippen LogP contribution in [0.1, 0.15) is 23.6 Å². The summed E-state index contributed by atoms with van der Waals surface area (Å²) in [6.45, 7) is 2.63. The summed E-state index contributed by atoms with van der Waals surface area (Å²) >= 11 is 5.57. The molecule has 0 bridgehead atoms. The summed E-state index contributed by atoms with van der Waals surface area (Å²) in [5.41, 5.74) is -1.26. The van der Waals surface area contributed by atoms with Gasteiger partial charge in [0.2, 0.25) is 0 Å². The first-order chi connectivity index (χ1) is 14.1. The van der Waals surface area contributed by atoms with Crippen LogP contribution in [0.25, 0.3) is 0 Å². The average molecular weight is 434 g/mol. The van der Waals surface area contributed by atoms with Gasteiger partial charge in [0.15, 0.2) is 5.11 Å². The maximum atomic E-state index is 14.4. The van der Waals surface area contributed by atoms with Crippen LogP contribution >= 0.6 is 12.2 Å². The lowest BCUT2D eigenvalue weighted by Crippen LogP contribution is -2.49. The minimum absolute atomic E-state index is 0.0567. The Hall–Kier alpha value is -2.99. The maximum Gasteiger partial charge on any atom is 0.417 e. The Kier molecular flexibility index (Phi) is 5.56. The molecule has 1 heterocycles. The highest BCUT2D eigenvalue weighted by Crippen LogP contribution is 2.40. The third-order valence-corrected chi connectivity index (χ3v) is 5.39. The summed E-state index contributed by atoms with van der Waals surface area (Å²) in [4.78, 5) is 7.05. The highest BCUT2D eigenvalue weighted by atomic mass is 32.1. The zero-order valence-electron chi connectivity index (χ0n) is 16.5. The van der Waals surface area contributed by atoms with E-state index in [1.807, 2.05) is 19.1 Å². The van der Waals surface area contributed by atoms with Crippen LogP contribution in [0.3, 0.4) is 0 Å². The van der Waals surface area contributed by atoms with E-state index in [0.717, 1.165) is 17.7 Å². The number of rotatable bonds is 3. The number of halogens is 4. The Morgan fingerprint density at radius 3 is 2.23 bits per heavy atom. The van der Waals surface area contributed by atoms with Crippen molar-refractivity contribution in [1.82, 2.24) is 0 Å². The van der Waals surface area contributed by atoms with Gasteiger partial charge in [-0.15, -0.1) is 0 Å². The number of anilines is 2. The fraction of sp³-hybridized carbons (Fsp3) is 0.286. The number of nitrogens with zero attached hydrogens (tertiary/aromatic N) is 4. The molecule has 1 saturated heterocycles. The van der Waals surface area contributed by atoms with Crippen molar-refractivity contribution >= 4 is 34.5 Å². The number of aliphatic imine (C=N–C) groups is 1. The summed E-state index contributed by atoms with van der Waals surface area (Å²) in [5.74, 6) is 0.174. The number of nitriles is 1. The highest BCUT2D eigenvalue weighted by Gasteiger charge is 2.51. The van der Waals surface area contributed by atoms with E-state index in [2.05, 4.69) is 4.99 Å². The Morgan fingerprint density at radius 1 is 1.13 bits per heavy atom. The van der Waals surface area contributed by atoms with E-state index in [9.17, 15) is 17.6 Å². The molecule has 2 aromatic carbocycles. The monoisotopic (exact) mass is 434 g/mol. The van der Waals surface area contributed by atoms with Gasteiger partial charge in [-0.1, -0.05) is 17.7 Å². The molecule has 0 N–H and O–H groups in total. The number of hydrogen-bond acceptors (Lipinski definition) is 3. The Morgan fingerprint density at radius 2 is 1.73 bits per heavy atom. The number of alkyl halides is 4. The molecular formula is C21H18F4N4S. The van der Waals surface area contributed by atoms with Gasteiger partial charge in [-0.05, 0) is 56.4 Å². The molecule has 0 saturated carbocycles. The predicted octanol–water partition coefficient (Wildman–Crippen LogP) is 5.25. The molecule has 1 unspecified atom stereocenters. The Labute approximate surface area is 177 Å². The lowest BCUT2D eigenvalue weighted by molar-refractivity contribution is -0.137. The number of aryl methyl sites for hydroxylation is 1. The van der Waals surface area contributed by atoms with E-state index >= 15 is 0 Å². The summed E-state index contributed by atoms with van der Waals surface area (Å²) < 4.78 is 54.8.